The first kappa shape index (κ1) is 11.2. The summed E-state index contributed by atoms with van der Waals surface area (Å²) in [6.07, 6.45) is 5.58. The number of aldehydes is 1. The third-order valence-corrected chi connectivity index (χ3v) is 2.97. The Labute approximate surface area is 96.6 Å². The summed E-state index contributed by atoms with van der Waals surface area (Å²) in [6.45, 7) is 2.91. The fourth-order valence-electron chi connectivity index (χ4n) is 1.83. The summed E-state index contributed by atoms with van der Waals surface area (Å²) in [7, 11) is 0. The van der Waals surface area contributed by atoms with Crippen molar-refractivity contribution in [3.8, 4) is 5.75 Å². The lowest BCUT2D eigenvalue weighted by atomic mass is 10.0. The lowest BCUT2D eigenvalue weighted by Crippen LogP contribution is -1.98. The van der Waals surface area contributed by atoms with Gasteiger partial charge in [0.05, 0.1) is 6.61 Å². The largest absolute Gasteiger partial charge is 0.494 e. The first-order chi connectivity index (χ1) is 7.85. The Morgan fingerprint density at radius 3 is 2.88 bits per heavy atom. The molecule has 0 bridgehead atoms. The summed E-state index contributed by atoms with van der Waals surface area (Å²) in [4.78, 5) is 10.9. The molecule has 0 aliphatic heterocycles. The number of carbonyl (C=O) groups is 1. The van der Waals surface area contributed by atoms with E-state index >= 15 is 0 Å². The molecule has 0 N–H and O–H groups in total. The fraction of sp³-hybridized carbons (Fsp3) is 0.500. The normalized spacial score (nSPS) is 14.8. The standard InChI is InChI=1S/C14H18O2/c1-2-3-8-16-13-7-6-12(10-15)14(9-13)11-4-5-11/h6-7,9-11H,2-5,8H2,1H3. The zero-order valence-corrected chi connectivity index (χ0v) is 9.74. The number of hydrogen-bond acceptors (Lipinski definition) is 2. The Morgan fingerprint density at radius 2 is 2.25 bits per heavy atom. The van der Waals surface area contributed by atoms with Crippen molar-refractivity contribution in [3.05, 3.63) is 29.3 Å². The van der Waals surface area contributed by atoms with Crippen molar-refractivity contribution in [3.63, 3.8) is 0 Å². The van der Waals surface area contributed by atoms with Crippen LogP contribution in [0.4, 0.5) is 0 Å². The third-order valence-electron chi connectivity index (χ3n) is 2.97. The average molecular weight is 218 g/mol. The highest BCUT2D eigenvalue weighted by atomic mass is 16.5. The van der Waals surface area contributed by atoms with Crippen LogP contribution in [-0.4, -0.2) is 12.9 Å². The van der Waals surface area contributed by atoms with Gasteiger partial charge in [0.15, 0.2) is 0 Å². The van der Waals surface area contributed by atoms with Gasteiger partial charge >= 0.3 is 0 Å². The molecule has 1 aliphatic rings. The van der Waals surface area contributed by atoms with Crippen LogP contribution in [0.1, 0.15) is 54.4 Å². The van der Waals surface area contributed by atoms with Gasteiger partial charge in [-0.3, -0.25) is 4.79 Å². The Kier molecular flexibility index (Phi) is 3.60. The van der Waals surface area contributed by atoms with Crippen LogP contribution < -0.4 is 4.74 Å². The highest BCUT2D eigenvalue weighted by molar-refractivity contribution is 5.78. The summed E-state index contributed by atoms with van der Waals surface area (Å²) < 4.78 is 5.65. The van der Waals surface area contributed by atoms with Crippen LogP contribution >= 0.6 is 0 Å². The van der Waals surface area contributed by atoms with Crippen LogP contribution in [-0.2, 0) is 0 Å². The maximum absolute atomic E-state index is 10.9. The van der Waals surface area contributed by atoms with Crippen molar-refractivity contribution in [1.82, 2.24) is 0 Å². The predicted molar refractivity (Wildman–Crippen MR) is 64.2 cm³/mol. The lowest BCUT2D eigenvalue weighted by molar-refractivity contribution is 0.112. The Hall–Kier alpha value is -1.31. The van der Waals surface area contributed by atoms with Crippen molar-refractivity contribution in [2.75, 3.05) is 6.61 Å². The molecule has 0 heterocycles. The molecule has 1 aromatic rings. The van der Waals surface area contributed by atoms with E-state index in [0.29, 0.717) is 5.92 Å². The van der Waals surface area contributed by atoms with Gasteiger partial charge in [-0.15, -0.1) is 0 Å². The first-order valence-electron chi connectivity index (χ1n) is 6.07. The third kappa shape index (κ3) is 2.63. The topological polar surface area (TPSA) is 26.3 Å². The molecule has 0 unspecified atom stereocenters. The smallest absolute Gasteiger partial charge is 0.150 e. The molecule has 2 rings (SSSR count). The molecule has 0 amide bonds. The van der Waals surface area contributed by atoms with E-state index in [4.69, 9.17) is 4.74 Å². The molecular weight excluding hydrogens is 200 g/mol. The summed E-state index contributed by atoms with van der Waals surface area (Å²) >= 11 is 0. The van der Waals surface area contributed by atoms with E-state index in [1.807, 2.05) is 18.2 Å². The zero-order chi connectivity index (χ0) is 11.4. The molecule has 0 spiro atoms. The number of hydrogen-bond donors (Lipinski definition) is 0. The van der Waals surface area contributed by atoms with E-state index < -0.39 is 0 Å². The molecule has 0 radical (unpaired) electrons. The van der Waals surface area contributed by atoms with Crippen LogP contribution in [0, 0.1) is 0 Å². The second-order valence-electron chi connectivity index (χ2n) is 4.38. The quantitative estimate of drug-likeness (QED) is 0.539. The number of ether oxygens (including phenoxy) is 1. The molecule has 1 aliphatic carbocycles. The zero-order valence-electron chi connectivity index (χ0n) is 9.74. The van der Waals surface area contributed by atoms with Gasteiger partial charge < -0.3 is 4.74 Å². The van der Waals surface area contributed by atoms with E-state index in [-0.39, 0.29) is 0 Å². The summed E-state index contributed by atoms with van der Waals surface area (Å²) in [5.41, 5.74) is 1.99. The van der Waals surface area contributed by atoms with Crippen molar-refractivity contribution in [2.24, 2.45) is 0 Å². The second kappa shape index (κ2) is 5.15. The Balaban J connectivity index is 2.08. The average Bonchev–Trinajstić information content (AvgIpc) is 3.13. The highest BCUT2D eigenvalue weighted by Gasteiger charge is 2.26. The van der Waals surface area contributed by atoms with Crippen LogP contribution in [0.2, 0.25) is 0 Å². The predicted octanol–water partition coefficient (Wildman–Crippen LogP) is 3.56. The molecular formula is C14H18O2. The number of rotatable bonds is 6. The van der Waals surface area contributed by atoms with E-state index in [9.17, 15) is 4.79 Å². The maximum Gasteiger partial charge on any atom is 0.150 e. The fourth-order valence-corrected chi connectivity index (χ4v) is 1.83. The van der Waals surface area contributed by atoms with Gasteiger partial charge in [0.2, 0.25) is 0 Å². The molecule has 2 heteroatoms. The number of unbranched alkanes of at least 4 members (excludes halogenated alkanes) is 1. The van der Waals surface area contributed by atoms with Crippen molar-refractivity contribution in [1.29, 1.82) is 0 Å². The van der Waals surface area contributed by atoms with Gasteiger partial charge in [-0.2, -0.15) is 0 Å². The summed E-state index contributed by atoms with van der Waals surface area (Å²) in [6, 6.07) is 5.81. The van der Waals surface area contributed by atoms with E-state index in [1.54, 1.807) is 0 Å². The summed E-state index contributed by atoms with van der Waals surface area (Å²) in [5, 5.41) is 0. The SMILES string of the molecule is CCCCOc1ccc(C=O)c(C2CC2)c1. The molecule has 1 saturated carbocycles. The van der Waals surface area contributed by atoms with Gasteiger partial charge in [0, 0.05) is 5.56 Å². The van der Waals surface area contributed by atoms with E-state index in [1.165, 1.54) is 18.4 Å². The second-order valence-corrected chi connectivity index (χ2v) is 4.38. The minimum Gasteiger partial charge on any atom is -0.494 e. The molecule has 2 nitrogen and oxygen atoms in total. The number of benzene rings is 1. The molecule has 86 valence electrons. The first-order valence-corrected chi connectivity index (χ1v) is 6.07. The van der Waals surface area contributed by atoms with Crippen molar-refractivity contribution >= 4 is 6.29 Å². The maximum atomic E-state index is 10.9. The van der Waals surface area contributed by atoms with Crippen molar-refractivity contribution < 1.29 is 9.53 Å². The van der Waals surface area contributed by atoms with Crippen LogP contribution in [0.5, 0.6) is 5.75 Å². The Morgan fingerprint density at radius 1 is 1.44 bits per heavy atom. The monoisotopic (exact) mass is 218 g/mol. The molecule has 16 heavy (non-hydrogen) atoms. The van der Waals surface area contributed by atoms with Crippen LogP contribution in [0.15, 0.2) is 18.2 Å². The molecule has 1 aromatic carbocycles. The minimum absolute atomic E-state index is 0.593. The van der Waals surface area contributed by atoms with E-state index in [0.717, 1.165) is 37.0 Å². The van der Waals surface area contributed by atoms with E-state index in [2.05, 4.69) is 6.92 Å². The Bertz CT molecular complexity index is 367. The molecule has 0 saturated heterocycles. The van der Waals surface area contributed by atoms with Gasteiger partial charge in [0.1, 0.15) is 12.0 Å². The minimum atomic E-state index is 0.593. The molecule has 1 fully saturated rings. The van der Waals surface area contributed by atoms with Gasteiger partial charge in [-0.05, 0) is 48.9 Å². The van der Waals surface area contributed by atoms with Crippen molar-refractivity contribution in [2.45, 2.75) is 38.5 Å². The van der Waals surface area contributed by atoms with Gasteiger partial charge in [-0.1, -0.05) is 13.3 Å². The van der Waals surface area contributed by atoms with Crippen LogP contribution in [0.25, 0.3) is 0 Å². The molecule has 0 aromatic heterocycles. The number of carbonyl (C=O) groups excluding carboxylic acids is 1. The highest BCUT2D eigenvalue weighted by Crippen LogP contribution is 2.42. The molecule has 0 atom stereocenters. The van der Waals surface area contributed by atoms with Gasteiger partial charge in [-0.25, -0.2) is 0 Å². The lowest BCUT2D eigenvalue weighted by Gasteiger charge is -2.09. The van der Waals surface area contributed by atoms with Gasteiger partial charge in [0.25, 0.3) is 0 Å². The summed E-state index contributed by atoms with van der Waals surface area (Å²) in [5.74, 6) is 1.50. The van der Waals surface area contributed by atoms with Crippen LogP contribution in [0.3, 0.4) is 0 Å².